The molecule has 1 saturated carbocycles. The molecule has 224 valence electrons. The summed E-state index contributed by atoms with van der Waals surface area (Å²) in [6.45, 7) is 0.923. The molecule has 0 radical (unpaired) electrons. The van der Waals surface area contributed by atoms with Crippen molar-refractivity contribution in [3.05, 3.63) is 100 Å². The maximum Gasteiger partial charge on any atom is 0.244 e. The summed E-state index contributed by atoms with van der Waals surface area (Å²) >= 11 is 6.11. The molecule has 2 amide bonds. The maximum absolute atomic E-state index is 14.9. The molecule has 7 nitrogen and oxygen atoms in total. The fourth-order valence-corrected chi connectivity index (χ4v) is 6.54. The van der Waals surface area contributed by atoms with Crippen LogP contribution in [0.25, 0.3) is 0 Å². The van der Waals surface area contributed by atoms with Crippen molar-refractivity contribution in [1.82, 2.24) is 10.2 Å². The number of nitrogens with zero attached hydrogens (tertiary/aromatic N) is 2. The van der Waals surface area contributed by atoms with Crippen molar-refractivity contribution in [2.45, 2.75) is 64.1 Å². The third-order valence-corrected chi connectivity index (χ3v) is 8.99. The largest absolute Gasteiger partial charge is 0.352 e. The van der Waals surface area contributed by atoms with E-state index < -0.39 is 34.3 Å². The molecular weight excluding hydrogens is 577 g/mol. The van der Waals surface area contributed by atoms with E-state index in [9.17, 15) is 22.4 Å². The van der Waals surface area contributed by atoms with Gasteiger partial charge in [0.25, 0.3) is 0 Å². The van der Waals surface area contributed by atoms with Gasteiger partial charge in [0.15, 0.2) is 0 Å². The van der Waals surface area contributed by atoms with E-state index in [-0.39, 0.29) is 30.5 Å². The minimum atomic E-state index is -3.92. The SMILES string of the molecule is Cc1cc(Cl)ccc1N(CC(=O)N(Cc1ccccc1F)[C@H](Cc1ccccc1)C(=O)NC1CCCCC1)S(C)(=O)=O. The second kappa shape index (κ2) is 14.2. The van der Waals surface area contributed by atoms with Gasteiger partial charge in [-0.2, -0.15) is 0 Å². The first-order chi connectivity index (χ1) is 20.0. The second-order valence-corrected chi connectivity index (χ2v) is 13.2. The lowest BCUT2D eigenvalue weighted by atomic mass is 9.94. The summed E-state index contributed by atoms with van der Waals surface area (Å²) in [7, 11) is -3.92. The van der Waals surface area contributed by atoms with Crippen LogP contribution < -0.4 is 9.62 Å². The van der Waals surface area contributed by atoms with Gasteiger partial charge in [0, 0.05) is 29.6 Å². The summed E-state index contributed by atoms with van der Waals surface area (Å²) in [4.78, 5) is 29.4. The van der Waals surface area contributed by atoms with Gasteiger partial charge in [-0.15, -0.1) is 0 Å². The number of amides is 2. The van der Waals surface area contributed by atoms with Gasteiger partial charge in [0.05, 0.1) is 11.9 Å². The molecule has 0 aliphatic heterocycles. The molecule has 0 unspecified atom stereocenters. The number of halogens is 2. The summed E-state index contributed by atoms with van der Waals surface area (Å²) < 4.78 is 41.9. The Labute approximate surface area is 252 Å². The second-order valence-electron chi connectivity index (χ2n) is 10.9. The van der Waals surface area contributed by atoms with Crippen LogP contribution in [0, 0.1) is 12.7 Å². The van der Waals surface area contributed by atoms with Gasteiger partial charge in [-0.1, -0.05) is 79.4 Å². The van der Waals surface area contributed by atoms with E-state index in [1.807, 2.05) is 30.3 Å². The Morgan fingerprint density at radius 3 is 2.31 bits per heavy atom. The van der Waals surface area contributed by atoms with Gasteiger partial charge >= 0.3 is 0 Å². The van der Waals surface area contributed by atoms with Gasteiger partial charge in [-0.25, -0.2) is 12.8 Å². The van der Waals surface area contributed by atoms with Crippen molar-refractivity contribution in [3.63, 3.8) is 0 Å². The highest BCUT2D eigenvalue weighted by atomic mass is 35.5. The number of benzene rings is 3. The molecule has 1 N–H and O–H groups in total. The van der Waals surface area contributed by atoms with Crippen molar-refractivity contribution in [2.24, 2.45) is 0 Å². The third kappa shape index (κ3) is 8.32. The standard InChI is InChI=1S/C32H37ClFN3O4S/c1-23-19-26(33)17-18-29(23)37(42(2,40)41)22-31(38)36(21-25-13-9-10-16-28(25)34)30(20-24-11-5-3-6-12-24)32(39)35-27-14-7-4-8-15-27/h3,5-6,9-13,16-19,27,30H,4,7-8,14-15,20-22H2,1-2H3,(H,35,39)/t30-/m1/s1. The van der Waals surface area contributed by atoms with Crippen LogP contribution in [0.15, 0.2) is 72.8 Å². The van der Waals surface area contributed by atoms with Crippen LogP contribution >= 0.6 is 11.6 Å². The van der Waals surface area contributed by atoms with Gasteiger partial charge in [0.2, 0.25) is 21.8 Å². The summed E-state index contributed by atoms with van der Waals surface area (Å²) in [6, 6.07) is 19.1. The summed E-state index contributed by atoms with van der Waals surface area (Å²) in [5.74, 6) is -1.49. The van der Waals surface area contributed by atoms with Crippen LogP contribution in [-0.2, 0) is 32.6 Å². The van der Waals surface area contributed by atoms with E-state index in [4.69, 9.17) is 11.6 Å². The first-order valence-corrected chi connectivity index (χ1v) is 16.4. The molecule has 10 heteroatoms. The molecule has 1 fully saturated rings. The molecule has 0 heterocycles. The smallest absolute Gasteiger partial charge is 0.244 e. The third-order valence-electron chi connectivity index (χ3n) is 7.63. The number of hydrogen-bond acceptors (Lipinski definition) is 4. The number of hydrogen-bond donors (Lipinski definition) is 1. The fourth-order valence-electron chi connectivity index (χ4n) is 5.40. The van der Waals surface area contributed by atoms with Gasteiger partial charge in [-0.3, -0.25) is 13.9 Å². The van der Waals surface area contributed by atoms with E-state index in [0.717, 1.165) is 48.2 Å². The Kier molecular flexibility index (Phi) is 10.6. The first-order valence-electron chi connectivity index (χ1n) is 14.1. The van der Waals surface area contributed by atoms with Crippen LogP contribution in [0.4, 0.5) is 10.1 Å². The topological polar surface area (TPSA) is 86.8 Å². The zero-order valence-electron chi connectivity index (χ0n) is 23.9. The van der Waals surface area contributed by atoms with Crippen molar-refractivity contribution in [1.29, 1.82) is 0 Å². The summed E-state index contributed by atoms with van der Waals surface area (Å²) in [5, 5.41) is 3.56. The number of nitrogens with one attached hydrogen (secondary N) is 1. The van der Waals surface area contributed by atoms with Gasteiger partial charge in [-0.05, 0) is 55.2 Å². The Hall–Kier alpha value is -3.43. The average Bonchev–Trinajstić information content (AvgIpc) is 2.95. The highest BCUT2D eigenvalue weighted by molar-refractivity contribution is 7.92. The van der Waals surface area contributed by atoms with Crippen LogP contribution in [0.2, 0.25) is 5.02 Å². The van der Waals surface area contributed by atoms with Crippen LogP contribution in [0.5, 0.6) is 0 Å². The molecular formula is C32H37ClFN3O4S. The molecule has 1 aliphatic carbocycles. The zero-order valence-corrected chi connectivity index (χ0v) is 25.5. The Morgan fingerprint density at radius 1 is 1.00 bits per heavy atom. The van der Waals surface area contributed by atoms with E-state index in [2.05, 4.69) is 5.32 Å². The van der Waals surface area contributed by atoms with Gasteiger partial charge < -0.3 is 10.2 Å². The number of carbonyl (C=O) groups is 2. The summed E-state index contributed by atoms with van der Waals surface area (Å²) in [6.07, 6.45) is 6.03. The summed E-state index contributed by atoms with van der Waals surface area (Å²) in [5.41, 5.74) is 1.91. The zero-order chi connectivity index (χ0) is 30.3. The van der Waals surface area contributed by atoms with E-state index in [1.54, 1.807) is 43.3 Å². The molecule has 1 aliphatic rings. The molecule has 3 aromatic rings. The lowest BCUT2D eigenvalue weighted by molar-refractivity contribution is -0.140. The Balaban J connectivity index is 1.74. The molecule has 0 saturated heterocycles. The Bertz CT molecular complexity index is 1500. The molecule has 0 spiro atoms. The lowest BCUT2D eigenvalue weighted by Gasteiger charge is -2.35. The number of sulfonamides is 1. The van der Waals surface area contributed by atoms with E-state index in [1.165, 1.54) is 11.0 Å². The van der Waals surface area contributed by atoms with E-state index >= 15 is 0 Å². The molecule has 0 bridgehead atoms. The minimum Gasteiger partial charge on any atom is -0.352 e. The number of aryl methyl sites for hydroxylation is 1. The maximum atomic E-state index is 14.9. The minimum absolute atomic E-state index is 0.0147. The molecule has 3 aromatic carbocycles. The number of anilines is 1. The predicted molar refractivity (Wildman–Crippen MR) is 164 cm³/mol. The van der Waals surface area contributed by atoms with Crippen molar-refractivity contribution >= 4 is 39.1 Å². The quantitative estimate of drug-likeness (QED) is 0.303. The van der Waals surface area contributed by atoms with Crippen molar-refractivity contribution < 1.29 is 22.4 Å². The predicted octanol–water partition coefficient (Wildman–Crippen LogP) is 5.64. The first kappa shape index (κ1) is 31.5. The average molecular weight is 614 g/mol. The van der Waals surface area contributed by atoms with E-state index in [0.29, 0.717) is 16.3 Å². The lowest BCUT2D eigenvalue weighted by Crippen LogP contribution is -2.55. The highest BCUT2D eigenvalue weighted by Gasteiger charge is 2.34. The van der Waals surface area contributed by atoms with Crippen LogP contribution in [0.1, 0.15) is 48.8 Å². The number of rotatable bonds is 11. The monoisotopic (exact) mass is 613 g/mol. The van der Waals surface area contributed by atoms with Crippen molar-refractivity contribution in [2.75, 3.05) is 17.1 Å². The normalized spacial score (nSPS) is 14.7. The van der Waals surface area contributed by atoms with Crippen LogP contribution in [0.3, 0.4) is 0 Å². The molecule has 1 atom stereocenters. The molecule has 42 heavy (non-hydrogen) atoms. The molecule has 4 rings (SSSR count). The molecule has 0 aromatic heterocycles. The Morgan fingerprint density at radius 2 is 1.67 bits per heavy atom. The van der Waals surface area contributed by atoms with Crippen LogP contribution in [-0.4, -0.2) is 50.0 Å². The van der Waals surface area contributed by atoms with Gasteiger partial charge in [0.1, 0.15) is 18.4 Å². The highest BCUT2D eigenvalue weighted by Crippen LogP contribution is 2.27. The number of carbonyl (C=O) groups excluding carboxylic acids is 2. The fraction of sp³-hybridized carbons (Fsp3) is 0.375. The van der Waals surface area contributed by atoms with Crippen molar-refractivity contribution in [3.8, 4) is 0 Å².